The molecule has 0 aliphatic carbocycles. The van der Waals surface area contributed by atoms with Gasteiger partial charge in [0.15, 0.2) is 10.8 Å². The van der Waals surface area contributed by atoms with E-state index in [0.717, 1.165) is 18.4 Å². The number of primary amides is 1. The van der Waals surface area contributed by atoms with Gasteiger partial charge in [-0.3, -0.25) is 18.9 Å². The molecule has 3 amide bonds. The maximum Gasteiger partial charge on any atom is 1.00 e. The Labute approximate surface area is 186 Å². The van der Waals surface area contributed by atoms with Gasteiger partial charge in [-0.05, 0) is 0 Å². The summed E-state index contributed by atoms with van der Waals surface area (Å²) >= 11 is 1.02. The van der Waals surface area contributed by atoms with Gasteiger partial charge in [-0.25, -0.2) is 9.29 Å². The molecule has 2 rings (SSSR count). The van der Waals surface area contributed by atoms with Crippen molar-refractivity contribution in [1.29, 1.82) is 0 Å². The van der Waals surface area contributed by atoms with Crippen LogP contribution in [-0.4, -0.2) is 64.9 Å². The maximum atomic E-state index is 12.5. The maximum absolute atomic E-state index is 12.5. The summed E-state index contributed by atoms with van der Waals surface area (Å²) in [6.45, 7) is 3.30. The van der Waals surface area contributed by atoms with Crippen molar-refractivity contribution in [2.24, 2.45) is 10.9 Å². The van der Waals surface area contributed by atoms with Crippen molar-refractivity contribution in [2.45, 2.75) is 12.1 Å². The molecule has 1 aliphatic rings. The Kier molecular flexibility index (Phi) is 7.69. The number of carbonyl (C=O) groups is 3. The van der Waals surface area contributed by atoms with E-state index < -0.39 is 45.7 Å². The molecule has 1 aromatic heterocycles. The standard InChI is InChI=1S/C12H14N6O7S2.Na.H/c1-4(9(13)19)8-7(11(21)18(8)27(22,23)24)16-10(20)6(17-25-2)5-3-26-12(14)15-5;;/h3,7-8H,1H2,2H3,(H2,13,19)(H2,14,15)(H,16,20)(H,22,23,24);;/q;+1;-1/t7-,8-;;/m0../s1. The van der Waals surface area contributed by atoms with Crippen LogP contribution >= 0.6 is 11.3 Å². The number of rotatable bonds is 7. The molecule has 2 heterocycles. The topological polar surface area (TPSA) is 207 Å². The molecular formula is C12H15N6NaO7S2. The number of β-lactam (4-membered cyclic amide) rings is 1. The van der Waals surface area contributed by atoms with Crippen LogP contribution in [0.4, 0.5) is 5.13 Å². The molecule has 6 N–H and O–H groups in total. The zero-order valence-corrected chi connectivity index (χ0v) is 18.3. The summed E-state index contributed by atoms with van der Waals surface area (Å²) in [4.78, 5) is 44.3. The summed E-state index contributed by atoms with van der Waals surface area (Å²) in [5.74, 6) is -3.30. The molecule has 1 fully saturated rings. The van der Waals surface area contributed by atoms with E-state index >= 15 is 0 Å². The molecule has 1 saturated heterocycles. The number of nitrogens with one attached hydrogen (secondary N) is 1. The van der Waals surface area contributed by atoms with E-state index in [1.165, 1.54) is 5.38 Å². The third-order valence-electron chi connectivity index (χ3n) is 3.42. The monoisotopic (exact) mass is 442 g/mol. The molecule has 2 atom stereocenters. The Bertz CT molecular complexity index is 966. The van der Waals surface area contributed by atoms with Crippen LogP contribution in [0.3, 0.4) is 0 Å². The summed E-state index contributed by atoms with van der Waals surface area (Å²) in [6.07, 6.45) is 0. The van der Waals surface area contributed by atoms with Crippen molar-refractivity contribution in [1.82, 2.24) is 14.6 Å². The molecule has 1 aromatic rings. The van der Waals surface area contributed by atoms with Crippen LogP contribution in [0.15, 0.2) is 22.7 Å². The molecule has 16 heteroatoms. The van der Waals surface area contributed by atoms with Gasteiger partial charge < -0.3 is 23.0 Å². The van der Waals surface area contributed by atoms with E-state index in [0.29, 0.717) is 0 Å². The summed E-state index contributed by atoms with van der Waals surface area (Å²) in [5.41, 5.74) is 9.73. The second kappa shape index (κ2) is 8.97. The smallest absolute Gasteiger partial charge is 1.00 e. The first-order valence-corrected chi connectivity index (χ1v) is 9.19. The molecule has 13 nitrogen and oxygen atoms in total. The van der Waals surface area contributed by atoms with Crippen molar-refractivity contribution in [3.8, 4) is 0 Å². The normalized spacial score (nSPS) is 19.3. The Morgan fingerprint density at radius 1 is 1.54 bits per heavy atom. The molecule has 0 aromatic carbocycles. The molecule has 1 aliphatic heterocycles. The number of nitrogen functional groups attached to an aromatic ring is 1. The van der Waals surface area contributed by atoms with Crippen LogP contribution in [0, 0.1) is 0 Å². The number of thiazole rings is 1. The summed E-state index contributed by atoms with van der Waals surface area (Å²) < 4.78 is 31.8. The van der Waals surface area contributed by atoms with Gasteiger partial charge in [0, 0.05) is 11.0 Å². The minimum absolute atomic E-state index is 0. The van der Waals surface area contributed by atoms with Gasteiger partial charge in [-0.15, -0.1) is 11.3 Å². The van der Waals surface area contributed by atoms with Crippen molar-refractivity contribution >= 4 is 50.2 Å². The van der Waals surface area contributed by atoms with Crippen molar-refractivity contribution in [2.75, 3.05) is 12.8 Å². The number of carbonyl (C=O) groups excluding carboxylic acids is 3. The number of amides is 3. The largest absolute Gasteiger partial charge is 1.00 e. The van der Waals surface area contributed by atoms with E-state index in [9.17, 15) is 22.8 Å². The van der Waals surface area contributed by atoms with Gasteiger partial charge in [0.25, 0.3) is 11.8 Å². The second-order valence-corrected chi connectivity index (χ2v) is 7.27. The molecule has 0 radical (unpaired) electrons. The van der Waals surface area contributed by atoms with Crippen molar-refractivity contribution in [3.05, 3.63) is 23.2 Å². The predicted molar refractivity (Wildman–Crippen MR) is 93.6 cm³/mol. The molecule has 148 valence electrons. The van der Waals surface area contributed by atoms with Crippen LogP contribution in [0.2, 0.25) is 0 Å². The van der Waals surface area contributed by atoms with E-state index in [-0.39, 0.29) is 51.8 Å². The number of hydrogen-bond acceptors (Lipinski definition) is 10. The van der Waals surface area contributed by atoms with Crippen molar-refractivity contribution in [3.63, 3.8) is 0 Å². The first-order chi connectivity index (χ1) is 12.5. The predicted octanol–water partition coefficient (Wildman–Crippen LogP) is -5.27. The fourth-order valence-electron chi connectivity index (χ4n) is 2.25. The van der Waals surface area contributed by atoms with Crippen molar-refractivity contribution < 1.29 is 63.2 Å². The average molecular weight is 442 g/mol. The first-order valence-electron chi connectivity index (χ1n) is 6.91. The van der Waals surface area contributed by atoms with Gasteiger partial charge in [0.1, 0.15) is 24.9 Å². The molecule has 0 unspecified atom stereocenters. The van der Waals surface area contributed by atoms with Gasteiger partial charge >= 0.3 is 39.9 Å². The molecular weight excluding hydrogens is 427 g/mol. The first kappa shape index (κ1) is 24.0. The Morgan fingerprint density at radius 3 is 2.57 bits per heavy atom. The van der Waals surface area contributed by atoms with Gasteiger partial charge in [0.2, 0.25) is 5.91 Å². The number of hydrogen-bond donors (Lipinski definition) is 4. The number of aromatic nitrogens is 1. The zero-order valence-electron chi connectivity index (χ0n) is 15.6. The average Bonchev–Trinajstić information content (AvgIpc) is 2.98. The quantitative estimate of drug-likeness (QED) is 0.0793. The van der Waals surface area contributed by atoms with E-state index in [1.54, 1.807) is 0 Å². The minimum atomic E-state index is -5.01. The zero-order chi connectivity index (χ0) is 20.5. The van der Waals surface area contributed by atoms with Crippen LogP contribution < -0.4 is 46.3 Å². The fourth-order valence-corrected chi connectivity index (χ4v) is 3.68. The number of nitrogens with zero attached hydrogens (tertiary/aromatic N) is 3. The van der Waals surface area contributed by atoms with Crippen LogP contribution in [0.25, 0.3) is 0 Å². The van der Waals surface area contributed by atoms with Gasteiger partial charge in [0.05, 0.1) is 0 Å². The number of anilines is 1. The molecule has 28 heavy (non-hydrogen) atoms. The molecule has 0 saturated carbocycles. The third-order valence-corrected chi connectivity index (χ3v) is 5.00. The van der Waals surface area contributed by atoms with Crippen LogP contribution in [0.5, 0.6) is 0 Å². The fraction of sp³-hybridized carbons (Fsp3) is 0.250. The van der Waals surface area contributed by atoms with E-state index in [1.807, 2.05) is 0 Å². The SMILES string of the molecule is C=C(C(N)=O)[C@H]1[C@H](NC(=O)C(=NOC)c2csc(N)n2)C(=O)N1S(=O)(=O)O.[H-].[Na+]. The Morgan fingerprint density at radius 2 is 2.14 bits per heavy atom. The third kappa shape index (κ3) is 4.68. The molecule has 0 spiro atoms. The Balaban J connectivity index is 0.00000392. The van der Waals surface area contributed by atoms with Crippen LogP contribution in [0.1, 0.15) is 7.12 Å². The van der Waals surface area contributed by atoms with Gasteiger partial charge in [-0.1, -0.05) is 11.7 Å². The van der Waals surface area contributed by atoms with Gasteiger partial charge in [-0.2, -0.15) is 8.42 Å². The van der Waals surface area contributed by atoms with E-state index in [2.05, 4.69) is 26.9 Å². The second-order valence-electron chi connectivity index (χ2n) is 5.09. The summed E-state index contributed by atoms with van der Waals surface area (Å²) in [5, 5.41) is 7.23. The summed E-state index contributed by atoms with van der Waals surface area (Å²) in [7, 11) is -3.85. The summed E-state index contributed by atoms with van der Waals surface area (Å²) in [6, 6.07) is -3.14. The van der Waals surface area contributed by atoms with E-state index in [4.69, 9.17) is 16.0 Å². The minimum Gasteiger partial charge on any atom is -1.00 e. The molecule has 0 bridgehead atoms. The number of oxime groups is 1. The van der Waals surface area contributed by atoms with Crippen LogP contribution in [-0.2, 0) is 29.5 Å². The Hall–Kier alpha value is -2.04. The number of nitrogens with two attached hydrogens (primary N) is 2.